The predicted octanol–water partition coefficient (Wildman–Crippen LogP) is 2.64. The molecule has 1 aromatic rings. The average molecular weight is 293 g/mol. The smallest absolute Gasteiger partial charge is 0.414 e. The van der Waals surface area contributed by atoms with Crippen molar-refractivity contribution in [3.8, 4) is 11.5 Å². The van der Waals surface area contributed by atoms with E-state index in [0.717, 1.165) is 0 Å². The molecule has 1 atom stereocenters. The molecule has 0 aliphatic carbocycles. The minimum Gasteiger partial charge on any atom is -0.493 e. The summed E-state index contributed by atoms with van der Waals surface area (Å²) in [5.74, 6) is 0.898. The summed E-state index contributed by atoms with van der Waals surface area (Å²) in [6.45, 7) is 3.83. The zero-order valence-electron chi connectivity index (χ0n) is 12.6. The molecule has 0 fully saturated rings. The average Bonchev–Trinajstić information content (AvgIpc) is 2.46. The Morgan fingerprint density at radius 3 is 2.48 bits per heavy atom. The monoisotopic (exact) mass is 293 g/mol. The van der Waals surface area contributed by atoms with Crippen LogP contribution in [0.25, 0.3) is 0 Å². The van der Waals surface area contributed by atoms with E-state index in [4.69, 9.17) is 14.2 Å². The van der Waals surface area contributed by atoms with Gasteiger partial charge in [-0.15, -0.1) is 0 Å². The first-order valence-corrected chi connectivity index (χ1v) is 6.78. The van der Waals surface area contributed by atoms with Crippen LogP contribution in [0.1, 0.15) is 30.6 Å². The largest absolute Gasteiger partial charge is 0.493 e. The normalized spacial score (nSPS) is 17.2. The standard InChI is InChI=1S/C15H19NO5/c1-5-21-15(18)16-9(2)6-12(17)10-7-13(19-3)14(20-4)8-11(10)16/h7-9H,5-6H2,1-4H3. The summed E-state index contributed by atoms with van der Waals surface area (Å²) in [5, 5.41) is 0. The summed E-state index contributed by atoms with van der Waals surface area (Å²) in [6.07, 6.45) is -0.215. The van der Waals surface area contributed by atoms with Gasteiger partial charge in [0.15, 0.2) is 17.3 Å². The van der Waals surface area contributed by atoms with E-state index < -0.39 is 6.09 Å². The number of ether oxygens (including phenoxy) is 3. The number of hydrogen-bond acceptors (Lipinski definition) is 5. The number of hydrogen-bond donors (Lipinski definition) is 0. The van der Waals surface area contributed by atoms with Gasteiger partial charge in [0.05, 0.1) is 26.5 Å². The van der Waals surface area contributed by atoms with Crippen LogP contribution in [0.5, 0.6) is 11.5 Å². The van der Waals surface area contributed by atoms with Crippen LogP contribution >= 0.6 is 0 Å². The second kappa shape index (κ2) is 6.03. The second-order valence-electron chi connectivity index (χ2n) is 4.77. The van der Waals surface area contributed by atoms with Gasteiger partial charge in [0, 0.05) is 24.1 Å². The van der Waals surface area contributed by atoms with E-state index in [2.05, 4.69) is 0 Å². The van der Waals surface area contributed by atoms with Crippen molar-refractivity contribution in [2.45, 2.75) is 26.3 Å². The van der Waals surface area contributed by atoms with Crippen molar-refractivity contribution in [2.24, 2.45) is 0 Å². The van der Waals surface area contributed by atoms with E-state index in [0.29, 0.717) is 22.7 Å². The molecule has 114 valence electrons. The Hall–Kier alpha value is -2.24. The molecule has 0 saturated heterocycles. The third-order valence-electron chi connectivity index (χ3n) is 3.45. The van der Waals surface area contributed by atoms with E-state index in [1.807, 2.05) is 6.92 Å². The van der Waals surface area contributed by atoms with Crippen LogP contribution in [0.2, 0.25) is 0 Å². The molecule has 0 N–H and O–H groups in total. The molecule has 6 nitrogen and oxygen atoms in total. The fraction of sp³-hybridized carbons (Fsp3) is 0.467. The molecule has 6 heteroatoms. The van der Waals surface area contributed by atoms with E-state index in [9.17, 15) is 9.59 Å². The van der Waals surface area contributed by atoms with Gasteiger partial charge in [-0.25, -0.2) is 4.79 Å². The number of benzene rings is 1. The first-order chi connectivity index (χ1) is 10.0. The molecule has 1 unspecified atom stereocenters. The van der Waals surface area contributed by atoms with Gasteiger partial charge in [-0.3, -0.25) is 9.69 Å². The van der Waals surface area contributed by atoms with E-state index in [1.165, 1.54) is 19.1 Å². The van der Waals surface area contributed by atoms with E-state index in [-0.39, 0.29) is 24.9 Å². The molecule has 1 aromatic carbocycles. The number of fused-ring (bicyclic) bond motifs is 1. The third-order valence-corrected chi connectivity index (χ3v) is 3.45. The zero-order chi connectivity index (χ0) is 15.6. The van der Waals surface area contributed by atoms with Crippen molar-refractivity contribution in [1.29, 1.82) is 0 Å². The van der Waals surface area contributed by atoms with Crippen LogP contribution in [-0.4, -0.2) is 38.7 Å². The maximum atomic E-state index is 12.2. The number of Topliss-reactive ketones (excluding diaryl/α,β-unsaturated/α-hetero) is 1. The van der Waals surface area contributed by atoms with Gasteiger partial charge in [-0.1, -0.05) is 0 Å². The minimum absolute atomic E-state index is 0.0287. The third kappa shape index (κ3) is 2.66. The maximum absolute atomic E-state index is 12.2. The second-order valence-corrected chi connectivity index (χ2v) is 4.77. The van der Waals surface area contributed by atoms with Crippen molar-refractivity contribution in [1.82, 2.24) is 0 Å². The molecule has 1 amide bonds. The van der Waals surface area contributed by atoms with Gasteiger partial charge >= 0.3 is 6.09 Å². The molecule has 21 heavy (non-hydrogen) atoms. The highest BCUT2D eigenvalue weighted by atomic mass is 16.6. The molecule has 0 aromatic heterocycles. The molecular formula is C15H19NO5. The molecule has 1 aliphatic heterocycles. The molecule has 0 saturated carbocycles. The van der Waals surface area contributed by atoms with Crippen LogP contribution in [0, 0.1) is 0 Å². The van der Waals surface area contributed by atoms with Gasteiger partial charge in [0.2, 0.25) is 0 Å². The van der Waals surface area contributed by atoms with Gasteiger partial charge in [0.25, 0.3) is 0 Å². The lowest BCUT2D eigenvalue weighted by Gasteiger charge is -2.34. The number of carbonyl (C=O) groups is 2. The summed E-state index contributed by atoms with van der Waals surface area (Å²) in [7, 11) is 3.01. The van der Waals surface area contributed by atoms with Gasteiger partial charge in [-0.05, 0) is 19.9 Å². The Labute approximate surface area is 123 Å². The Kier molecular flexibility index (Phi) is 4.35. The molecule has 2 rings (SSSR count). The number of nitrogens with zero attached hydrogens (tertiary/aromatic N) is 1. The Morgan fingerprint density at radius 1 is 1.29 bits per heavy atom. The molecule has 0 bridgehead atoms. The predicted molar refractivity (Wildman–Crippen MR) is 77.5 cm³/mol. The number of amides is 1. The highest BCUT2D eigenvalue weighted by Crippen LogP contribution is 2.39. The first-order valence-electron chi connectivity index (χ1n) is 6.78. The highest BCUT2D eigenvalue weighted by molar-refractivity contribution is 6.08. The summed E-state index contributed by atoms with van der Waals surface area (Å²) < 4.78 is 15.5. The summed E-state index contributed by atoms with van der Waals surface area (Å²) in [5.41, 5.74) is 0.939. The molecule has 1 aliphatic rings. The van der Waals surface area contributed by atoms with Crippen molar-refractivity contribution in [3.05, 3.63) is 17.7 Å². The van der Waals surface area contributed by atoms with Crippen molar-refractivity contribution < 1.29 is 23.8 Å². The lowest BCUT2D eigenvalue weighted by atomic mass is 9.95. The summed E-state index contributed by atoms with van der Waals surface area (Å²) in [6, 6.07) is 2.98. The molecule has 0 radical (unpaired) electrons. The van der Waals surface area contributed by atoms with E-state index >= 15 is 0 Å². The van der Waals surface area contributed by atoms with Crippen LogP contribution in [0.4, 0.5) is 10.5 Å². The topological polar surface area (TPSA) is 65.1 Å². The van der Waals surface area contributed by atoms with Crippen LogP contribution in [0.3, 0.4) is 0 Å². The number of rotatable bonds is 3. The van der Waals surface area contributed by atoms with Gasteiger partial charge in [-0.2, -0.15) is 0 Å². The Balaban J connectivity index is 2.56. The van der Waals surface area contributed by atoms with Crippen LogP contribution in [0.15, 0.2) is 12.1 Å². The first kappa shape index (κ1) is 15.2. The lowest BCUT2D eigenvalue weighted by Crippen LogP contribution is -2.44. The molecular weight excluding hydrogens is 274 g/mol. The summed E-state index contributed by atoms with van der Waals surface area (Å²) in [4.78, 5) is 25.9. The fourth-order valence-electron chi connectivity index (χ4n) is 2.47. The highest BCUT2D eigenvalue weighted by Gasteiger charge is 2.35. The Morgan fingerprint density at radius 2 is 1.90 bits per heavy atom. The summed E-state index contributed by atoms with van der Waals surface area (Å²) >= 11 is 0. The molecule has 1 heterocycles. The van der Waals surface area contributed by atoms with Gasteiger partial charge < -0.3 is 14.2 Å². The van der Waals surface area contributed by atoms with Crippen molar-refractivity contribution in [3.63, 3.8) is 0 Å². The zero-order valence-corrected chi connectivity index (χ0v) is 12.6. The fourth-order valence-corrected chi connectivity index (χ4v) is 2.47. The lowest BCUT2D eigenvalue weighted by molar-refractivity contribution is 0.0965. The number of anilines is 1. The van der Waals surface area contributed by atoms with Crippen LogP contribution < -0.4 is 14.4 Å². The SMILES string of the molecule is CCOC(=O)N1c2cc(OC)c(OC)cc2C(=O)CC1C. The number of ketones is 1. The number of methoxy groups -OCH3 is 2. The quantitative estimate of drug-likeness (QED) is 0.857. The van der Waals surface area contributed by atoms with Crippen LogP contribution in [-0.2, 0) is 4.74 Å². The molecule has 0 spiro atoms. The maximum Gasteiger partial charge on any atom is 0.414 e. The van der Waals surface area contributed by atoms with Gasteiger partial charge in [0.1, 0.15) is 0 Å². The Bertz CT molecular complexity index is 569. The number of carbonyl (C=O) groups excluding carboxylic acids is 2. The minimum atomic E-state index is -0.467. The van der Waals surface area contributed by atoms with Crippen molar-refractivity contribution in [2.75, 3.05) is 25.7 Å². The van der Waals surface area contributed by atoms with Crippen molar-refractivity contribution >= 4 is 17.6 Å². The van der Waals surface area contributed by atoms with E-state index in [1.54, 1.807) is 19.1 Å².